The van der Waals surface area contributed by atoms with Crippen LogP contribution >= 0.6 is 0 Å². The third kappa shape index (κ3) is 4.14. The fraction of sp³-hybridized carbons (Fsp3) is 0.526. The summed E-state index contributed by atoms with van der Waals surface area (Å²) in [7, 11) is 1.71. The van der Waals surface area contributed by atoms with Gasteiger partial charge >= 0.3 is 0 Å². The van der Waals surface area contributed by atoms with Crippen molar-refractivity contribution in [1.29, 1.82) is 0 Å². The molecule has 2 aromatic rings. The van der Waals surface area contributed by atoms with Gasteiger partial charge in [0.15, 0.2) is 0 Å². The lowest BCUT2D eigenvalue weighted by Gasteiger charge is -2.08. The van der Waals surface area contributed by atoms with Crippen molar-refractivity contribution in [2.75, 3.05) is 13.7 Å². The zero-order chi connectivity index (χ0) is 16.1. The SMILES string of the molecule is COc1cccc(CCNCc2cn(C3CCCC3)nc2C)c1. The maximum Gasteiger partial charge on any atom is 0.119 e. The molecule has 1 saturated carbocycles. The maximum absolute atomic E-state index is 5.27. The first-order valence-electron chi connectivity index (χ1n) is 8.64. The van der Waals surface area contributed by atoms with E-state index in [4.69, 9.17) is 9.84 Å². The second-order valence-electron chi connectivity index (χ2n) is 6.44. The molecule has 4 nitrogen and oxygen atoms in total. The van der Waals surface area contributed by atoms with Crippen molar-refractivity contribution >= 4 is 0 Å². The molecule has 0 radical (unpaired) electrons. The van der Waals surface area contributed by atoms with E-state index in [1.807, 2.05) is 12.1 Å². The number of methoxy groups -OCH3 is 1. The number of ether oxygens (including phenoxy) is 1. The van der Waals surface area contributed by atoms with Crippen LogP contribution in [0.5, 0.6) is 5.75 Å². The van der Waals surface area contributed by atoms with E-state index >= 15 is 0 Å². The van der Waals surface area contributed by atoms with E-state index in [0.29, 0.717) is 6.04 Å². The van der Waals surface area contributed by atoms with Gasteiger partial charge in [-0.3, -0.25) is 4.68 Å². The minimum Gasteiger partial charge on any atom is -0.497 e. The Bertz CT molecular complexity index is 629. The Morgan fingerprint density at radius 2 is 2.13 bits per heavy atom. The normalized spacial score (nSPS) is 15.2. The molecule has 3 rings (SSSR count). The van der Waals surface area contributed by atoms with Crippen LogP contribution in [0.15, 0.2) is 30.5 Å². The quantitative estimate of drug-likeness (QED) is 0.793. The maximum atomic E-state index is 5.27. The average Bonchev–Trinajstić information content (AvgIpc) is 3.22. The monoisotopic (exact) mass is 313 g/mol. The van der Waals surface area contributed by atoms with E-state index in [0.717, 1.165) is 31.0 Å². The van der Waals surface area contributed by atoms with Crippen LogP contribution in [0, 0.1) is 6.92 Å². The van der Waals surface area contributed by atoms with Gasteiger partial charge in [0.1, 0.15) is 5.75 Å². The zero-order valence-corrected chi connectivity index (χ0v) is 14.2. The smallest absolute Gasteiger partial charge is 0.119 e. The van der Waals surface area contributed by atoms with Gasteiger partial charge in [-0.25, -0.2) is 0 Å². The van der Waals surface area contributed by atoms with Crippen molar-refractivity contribution in [1.82, 2.24) is 15.1 Å². The molecular weight excluding hydrogens is 286 g/mol. The first kappa shape index (κ1) is 16.1. The Balaban J connectivity index is 1.48. The largest absolute Gasteiger partial charge is 0.497 e. The molecule has 1 aromatic carbocycles. The van der Waals surface area contributed by atoms with Crippen molar-refractivity contribution in [2.45, 2.75) is 51.6 Å². The number of aromatic nitrogens is 2. The van der Waals surface area contributed by atoms with Crippen molar-refractivity contribution < 1.29 is 4.74 Å². The summed E-state index contributed by atoms with van der Waals surface area (Å²) in [5.74, 6) is 0.927. The van der Waals surface area contributed by atoms with Gasteiger partial charge in [-0.2, -0.15) is 5.10 Å². The van der Waals surface area contributed by atoms with E-state index < -0.39 is 0 Å². The molecule has 1 heterocycles. The molecule has 0 aliphatic heterocycles. The van der Waals surface area contributed by atoms with Gasteiger partial charge < -0.3 is 10.1 Å². The van der Waals surface area contributed by atoms with Gasteiger partial charge in [0, 0.05) is 18.3 Å². The van der Waals surface area contributed by atoms with Crippen LogP contribution in [0.25, 0.3) is 0 Å². The predicted molar refractivity (Wildman–Crippen MR) is 92.9 cm³/mol. The number of hydrogen-bond acceptors (Lipinski definition) is 3. The van der Waals surface area contributed by atoms with Crippen LogP contribution in [0.4, 0.5) is 0 Å². The summed E-state index contributed by atoms with van der Waals surface area (Å²) in [6.45, 7) is 3.97. The Morgan fingerprint density at radius 3 is 2.91 bits per heavy atom. The van der Waals surface area contributed by atoms with Crippen LogP contribution in [0.3, 0.4) is 0 Å². The molecule has 0 unspecified atom stereocenters. The van der Waals surface area contributed by atoms with Gasteiger partial charge in [-0.05, 0) is 50.4 Å². The molecular formula is C19H27N3O. The summed E-state index contributed by atoms with van der Waals surface area (Å²) in [4.78, 5) is 0. The fourth-order valence-electron chi connectivity index (χ4n) is 3.33. The highest BCUT2D eigenvalue weighted by molar-refractivity contribution is 5.28. The molecule has 0 atom stereocenters. The van der Waals surface area contributed by atoms with Crippen LogP contribution in [0.2, 0.25) is 0 Å². The number of rotatable bonds is 7. The zero-order valence-electron chi connectivity index (χ0n) is 14.2. The molecule has 4 heteroatoms. The number of aryl methyl sites for hydroxylation is 1. The lowest BCUT2D eigenvalue weighted by molar-refractivity contribution is 0.414. The minimum atomic E-state index is 0.624. The summed E-state index contributed by atoms with van der Waals surface area (Å²) >= 11 is 0. The Morgan fingerprint density at radius 1 is 1.30 bits per heavy atom. The number of nitrogens with one attached hydrogen (secondary N) is 1. The highest BCUT2D eigenvalue weighted by Crippen LogP contribution is 2.29. The molecule has 0 amide bonds. The average molecular weight is 313 g/mol. The van der Waals surface area contributed by atoms with Crippen LogP contribution < -0.4 is 10.1 Å². The van der Waals surface area contributed by atoms with E-state index in [2.05, 4.69) is 35.3 Å². The van der Waals surface area contributed by atoms with E-state index in [1.54, 1.807) is 7.11 Å². The lowest BCUT2D eigenvalue weighted by Crippen LogP contribution is -2.17. The number of nitrogens with zero attached hydrogens (tertiary/aromatic N) is 2. The van der Waals surface area contributed by atoms with Crippen molar-refractivity contribution in [3.63, 3.8) is 0 Å². The van der Waals surface area contributed by atoms with Crippen LogP contribution in [-0.4, -0.2) is 23.4 Å². The van der Waals surface area contributed by atoms with Gasteiger partial charge in [-0.15, -0.1) is 0 Å². The van der Waals surface area contributed by atoms with Gasteiger partial charge in [0.05, 0.1) is 18.8 Å². The highest BCUT2D eigenvalue weighted by Gasteiger charge is 2.18. The third-order valence-electron chi connectivity index (χ3n) is 4.76. The Labute approximate surface area is 138 Å². The predicted octanol–water partition coefficient (Wildman–Crippen LogP) is 3.65. The van der Waals surface area contributed by atoms with Crippen molar-refractivity contribution in [2.24, 2.45) is 0 Å². The third-order valence-corrected chi connectivity index (χ3v) is 4.76. The Hall–Kier alpha value is -1.81. The molecule has 1 N–H and O–H groups in total. The molecule has 0 bridgehead atoms. The van der Waals surface area contributed by atoms with Gasteiger partial charge in [0.2, 0.25) is 0 Å². The summed E-state index contributed by atoms with van der Waals surface area (Å²) in [5.41, 5.74) is 3.78. The summed E-state index contributed by atoms with van der Waals surface area (Å²) in [6, 6.07) is 8.90. The van der Waals surface area contributed by atoms with Gasteiger partial charge in [0.25, 0.3) is 0 Å². The molecule has 0 saturated heterocycles. The first-order chi connectivity index (χ1) is 11.3. The highest BCUT2D eigenvalue weighted by atomic mass is 16.5. The first-order valence-corrected chi connectivity index (χ1v) is 8.64. The molecule has 0 spiro atoms. The number of benzene rings is 1. The molecule has 23 heavy (non-hydrogen) atoms. The molecule has 124 valence electrons. The van der Waals surface area contributed by atoms with E-state index in [9.17, 15) is 0 Å². The fourth-order valence-corrected chi connectivity index (χ4v) is 3.33. The van der Waals surface area contributed by atoms with Crippen molar-refractivity contribution in [3.05, 3.63) is 47.3 Å². The van der Waals surface area contributed by atoms with Crippen LogP contribution in [-0.2, 0) is 13.0 Å². The lowest BCUT2D eigenvalue weighted by atomic mass is 10.1. The van der Waals surface area contributed by atoms with Crippen molar-refractivity contribution in [3.8, 4) is 5.75 Å². The second kappa shape index (κ2) is 7.64. The molecule has 1 fully saturated rings. The molecule has 1 aromatic heterocycles. The summed E-state index contributed by atoms with van der Waals surface area (Å²) < 4.78 is 7.46. The van der Waals surface area contributed by atoms with E-state index in [-0.39, 0.29) is 0 Å². The molecule has 1 aliphatic carbocycles. The number of hydrogen-bond donors (Lipinski definition) is 1. The van der Waals surface area contributed by atoms with E-state index in [1.165, 1.54) is 36.8 Å². The Kier molecular flexibility index (Phi) is 5.34. The van der Waals surface area contributed by atoms with Crippen LogP contribution in [0.1, 0.15) is 48.5 Å². The topological polar surface area (TPSA) is 39.1 Å². The summed E-state index contributed by atoms with van der Waals surface area (Å²) in [6.07, 6.45) is 8.50. The second-order valence-corrected chi connectivity index (χ2v) is 6.44. The van der Waals surface area contributed by atoms with Gasteiger partial charge in [-0.1, -0.05) is 25.0 Å². The molecule has 1 aliphatic rings. The summed E-state index contributed by atoms with van der Waals surface area (Å²) in [5, 5.41) is 8.25. The minimum absolute atomic E-state index is 0.624. The standard InChI is InChI=1S/C19H27N3O/c1-15-17(14-22(21-15)18-7-3-4-8-18)13-20-11-10-16-6-5-9-19(12-16)23-2/h5-6,9,12,14,18,20H,3-4,7-8,10-11,13H2,1-2H3.